The summed E-state index contributed by atoms with van der Waals surface area (Å²) in [5.74, 6) is 2.17. The van der Waals surface area contributed by atoms with Gasteiger partial charge >= 0.3 is 0 Å². The molecule has 0 bridgehead atoms. The molecule has 19 heavy (non-hydrogen) atoms. The second-order valence-corrected chi connectivity index (χ2v) is 5.42. The molecule has 1 aliphatic rings. The van der Waals surface area contributed by atoms with Gasteiger partial charge in [-0.1, -0.05) is 13.8 Å². The summed E-state index contributed by atoms with van der Waals surface area (Å²) < 4.78 is 10.8. The SMILES string of the molecule is CNC(c1cc2c(cc1C)OCO2)C(CO)C(C)C. The maximum absolute atomic E-state index is 9.65. The van der Waals surface area contributed by atoms with E-state index < -0.39 is 0 Å². The van der Waals surface area contributed by atoms with Crippen LogP contribution >= 0.6 is 0 Å². The van der Waals surface area contributed by atoms with Crippen molar-refractivity contribution in [3.8, 4) is 11.5 Å². The van der Waals surface area contributed by atoms with Crippen molar-refractivity contribution >= 4 is 0 Å². The van der Waals surface area contributed by atoms with Crippen LogP contribution in [0.15, 0.2) is 12.1 Å². The van der Waals surface area contributed by atoms with Crippen molar-refractivity contribution in [2.45, 2.75) is 26.8 Å². The molecule has 4 heteroatoms. The summed E-state index contributed by atoms with van der Waals surface area (Å²) in [6, 6.07) is 4.15. The van der Waals surface area contributed by atoms with Gasteiger partial charge in [-0.2, -0.15) is 0 Å². The van der Waals surface area contributed by atoms with E-state index in [2.05, 4.69) is 26.1 Å². The van der Waals surface area contributed by atoms with E-state index in [9.17, 15) is 5.11 Å². The van der Waals surface area contributed by atoms with Crippen LogP contribution in [0.4, 0.5) is 0 Å². The van der Waals surface area contributed by atoms with Gasteiger partial charge in [-0.05, 0) is 43.1 Å². The van der Waals surface area contributed by atoms with Crippen LogP contribution in [0.5, 0.6) is 11.5 Å². The number of rotatable bonds is 5. The molecule has 0 aromatic heterocycles. The Morgan fingerprint density at radius 2 is 1.89 bits per heavy atom. The Balaban J connectivity index is 2.38. The number of hydrogen-bond donors (Lipinski definition) is 2. The molecule has 2 atom stereocenters. The topological polar surface area (TPSA) is 50.7 Å². The molecule has 106 valence electrons. The molecule has 1 aromatic rings. The third kappa shape index (κ3) is 2.69. The molecule has 0 aliphatic carbocycles. The van der Waals surface area contributed by atoms with E-state index in [1.54, 1.807) is 0 Å². The van der Waals surface area contributed by atoms with Crippen LogP contribution in [0, 0.1) is 18.8 Å². The quantitative estimate of drug-likeness (QED) is 0.857. The molecule has 2 rings (SSSR count). The molecule has 0 spiro atoms. The van der Waals surface area contributed by atoms with Crippen LogP contribution in [-0.2, 0) is 0 Å². The molecule has 1 aromatic carbocycles. The monoisotopic (exact) mass is 265 g/mol. The maximum atomic E-state index is 9.65. The van der Waals surface area contributed by atoms with Crippen molar-refractivity contribution in [2.24, 2.45) is 11.8 Å². The number of aliphatic hydroxyl groups is 1. The first-order valence-corrected chi connectivity index (χ1v) is 6.76. The molecule has 1 aliphatic heterocycles. The number of ether oxygens (including phenoxy) is 2. The second-order valence-electron chi connectivity index (χ2n) is 5.42. The Bertz CT molecular complexity index is 445. The highest BCUT2D eigenvalue weighted by Crippen LogP contribution is 2.39. The van der Waals surface area contributed by atoms with Gasteiger partial charge in [-0.15, -0.1) is 0 Å². The number of nitrogens with one attached hydrogen (secondary N) is 1. The summed E-state index contributed by atoms with van der Waals surface area (Å²) in [5, 5.41) is 13.0. The fourth-order valence-corrected chi connectivity index (χ4v) is 2.70. The van der Waals surface area contributed by atoms with E-state index in [4.69, 9.17) is 9.47 Å². The van der Waals surface area contributed by atoms with Gasteiger partial charge in [0.2, 0.25) is 6.79 Å². The zero-order chi connectivity index (χ0) is 14.0. The van der Waals surface area contributed by atoms with E-state index in [0.29, 0.717) is 5.92 Å². The fraction of sp³-hybridized carbons (Fsp3) is 0.600. The highest BCUT2D eigenvalue weighted by molar-refractivity contribution is 5.49. The van der Waals surface area contributed by atoms with E-state index in [-0.39, 0.29) is 25.4 Å². The number of aliphatic hydroxyl groups excluding tert-OH is 1. The van der Waals surface area contributed by atoms with E-state index in [0.717, 1.165) is 17.1 Å². The summed E-state index contributed by atoms with van der Waals surface area (Å²) in [7, 11) is 1.93. The number of fused-ring (bicyclic) bond motifs is 1. The molecule has 1 heterocycles. The van der Waals surface area contributed by atoms with Gasteiger partial charge in [0.05, 0.1) is 0 Å². The highest BCUT2D eigenvalue weighted by atomic mass is 16.7. The third-order valence-corrected chi connectivity index (χ3v) is 3.90. The van der Waals surface area contributed by atoms with Crippen LogP contribution in [0.3, 0.4) is 0 Å². The predicted octanol–water partition coefficient (Wildman–Crippen LogP) is 2.25. The summed E-state index contributed by atoms with van der Waals surface area (Å²) >= 11 is 0. The molecule has 0 radical (unpaired) electrons. The lowest BCUT2D eigenvalue weighted by molar-refractivity contribution is 0.153. The van der Waals surface area contributed by atoms with Crippen molar-refractivity contribution in [2.75, 3.05) is 20.4 Å². The molecule has 2 N–H and O–H groups in total. The van der Waals surface area contributed by atoms with Crippen LogP contribution in [-0.4, -0.2) is 25.6 Å². The zero-order valence-electron chi connectivity index (χ0n) is 12.1. The largest absolute Gasteiger partial charge is 0.454 e. The summed E-state index contributed by atoms with van der Waals surface area (Å²) in [6.45, 7) is 6.78. The standard InChI is InChI=1S/C15H23NO3/c1-9(2)12(7-17)15(16-4)11-6-14-13(5-10(11)3)18-8-19-14/h5-6,9,12,15-17H,7-8H2,1-4H3. The van der Waals surface area contributed by atoms with Gasteiger partial charge in [0.1, 0.15) is 0 Å². The van der Waals surface area contributed by atoms with Crippen molar-refractivity contribution in [3.63, 3.8) is 0 Å². The lowest BCUT2D eigenvalue weighted by Gasteiger charge is -2.30. The fourth-order valence-electron chi connectivity index (χ4n) is 2.70. The van der Waals surface area contributed by atoms with Gasteiger partial charge in [0.15, 0.2) is 11.5 Å². The Morgan fingerprint density at radius 3 is 2.42 bits per heavy atom. The average molecular weight is 265 g/mol. The average Bonchev–Trinajstić information content (AvgIpc) is 2.81. The molecule has 0 amide bonds. The first-order chi connectivity index (χ1) is 9.08. The molecule has 4 nitrogen and oxygen atoms in total. The van der Waals surface area contributed by atoms with Crippen molar-refractivity contribution in [1.82, 2.24) is 5.32 Å². The Labute approximate surface area is 114 Å². The predicted molar refractivity (Wildman–Crippen MR) is 74.5 cm³/mol. The van der Waals surface area contributed by atoms with Gasteiger partial charge < -0.3 is 19.9 Å². The normalized spacial score (nSPS) is 16.7. The van der Waals surface area contributed by atoms with Crippen molar-refractivity contribution in [3.05, 3.63) is 23.3 Å². The minimum atomic E-state index is 0.111. The lowest BCUT2D eigenvalue weighted by atomic mass is 9.83. The minimum Gasteiger partial charge on any atom is -0.454 e. The minimum absolute atomic E-state index is 0.111. The van der Waals surface area contributed by atoms with E-state index in [1.807, 2.05) is 19.2 Å². The summed E-state index contributed by atoms with van der Waals surface area (Å²) in [4.78, 5) is 0. The second kappa shape index (κ2) is 5.80. The van der Waals surface area contributed by atoms with Gasteiger partial charge in [0, 0.05) is 18.6 Å². The van der Waals surface area contributed by atoms with E-state index >= 15 is 0 Å². The zero-order valence-corrected chi connectivity index (χ0v) is 12.1. The molecule has 2 unspecified atom stereocenters. The van der Waals surface area contributed by atoms with Gasteiger partial charge in [0.25, 0.3) is 0 Å². The van der Waals surface area contributed by atoms with Crippen LogP contribution in [0.1, 0.15) is 31.0 Å². The Morgan fingerprint density at radius 1 is 1.26 bits per heavy atom. The van der Waals surface area contributed by atoms with Crippen molar-refractivity contribution in [1.29, 1.82) is 0 Å². The maximum Gasteiger partial charge on any atom is 0.231 e. The highest BCUT2D eigenvalue weighted by Gasteiger charge is 2.27. The molecule has 0 saturated carbocycles. The molecule has 0 saturated heterocycles. The molecular weight excluding hydrogens is 242 g/mol. The summed E-state index contributed by atoms with van der Waals surface area (Å²) in [5.41, 5.74) is 2.32. The smallest absolute Gasteiger partial charge is 0.231 e. The lowest BCUT2D eigenvalue weighted by Crippen LogP contribution is -2.31. The van der Waals surface area contributed by atoms with Crippen molar-refractivity contribution < 1.29 is 14.6 Å². The third-order valence-electron chi connectivity index (χ3n) is 3.90. The number of aryl methyl sites for hydroxylation is 1. The van der Waals surface area contributed by atoms with Crippen LogP contribution in [0.25, 0.3) is 0 Å². The Hall–Kier alpha value is -1.26. The van der Waals surface area contributed by atoms with Gasteiger partial charge in [-0.3, -0.25) is 0 Å². The number of benzene rings is 1. The molecule has 0 fully saturated rings. The van der Waals surface area contributed by atoms with E-state index in [1.165, 1.54) is 5.56 Å². The Kier molecular flexibility index (Phi) is 4.32. The first-order valence-electron chi connectivity index (χ1n) is 6.76. The molecular formula is C15H23NO3. The summed E-state index contributed by atoms with van der Waals surface area (Å²) in [6.07, 6.45) is 0. The van der Waals surface area contributed by atoms with Gasteiger partial charge in [-0.25, -0.2) is 0 Å². The van der Waals surface area contributed by atoms with Crippen LogP contribution < -0.4 is 14.8 Å². The first kappa shape index (κ1) is 14.2. The number of hydrogen-bond acceptors (Lipinski definition) is 4. The van der Waals surface area contributed by atoms with Crippen LogP contribution in [0.2, 0.25) is 0 Å².